The summed E-state index contributed by atoms with van der Waals surface area (Å²) in [6.07, 6.45) is 4.87. The van der Waals surface area contributed by atoms with Crippen LogP contribution in [0.2, 0.25) is 0 Å². The van der Waals surface area contributed by atoms with Gasteiger partial charge >= 0.3 is 0 Å². The van der Waals surface area contributed by atoms with Crippen molar-refractivity contribution in [2.24, 2.45) is 0 Å². The number of nitrogens with one attached hydrogen (secondary N) is 1. The van der Waals surface area contributed by atoms with Gasteiger partial charge in [0.2, 0.25) is 0 Å². The van der Waals surface area contributed by atoms with E-state index in [2.05, 4.69) is 53.1 Å². The highest BCUT2D eigenvalue weighted by molar-refractivity contribution is 5.40. The molecular formula is C17H23N3O. The quantitative estimate of drug-likeness (QED) is 0.886. The SMILES string of the molecule is CCNC(Cc1nccn1CC)C1COc2ccccc21. The Balaban J connectivity index is 1.82. The molecule has 0 amide bonds. The van der Waals surface area contributed by atoms with Gasteiger partial charge in [0, 0.05) is 42.9 Å². The highest BCUT2D eigenvalue weighted by atomic mass is 16.5. The molecule has 1 N–H and O–H groups in total. The molecule has 0 aliphatic carbocycles. The Bertz CT molecular complexity index is 593. The van der Waals surface area contributed by atoms with Crippen LogP contribution in [-0.2, 0) is 13.0 Å². The van der Waals surface area contributed by atoms with Crippen molar-refractivity contribution in [1.29, 1.82) is 0 Å². The number of imidazole rings is 1. The Morgan fingerprint density at radius 1 is 1.38 bits per heavy atom. The molecule has 1 aromatic heterocycles. The molecule has 3 rings (SSSR count). The summed E-state index contributed by atoms with van der Waals surface area (Å²) in [7, 11) is 0. The lowest BCUT2D eigenvalue weighted by Gasteiger charge is -2.23. The van der Waals surface area contributed by atoms with Gasteiger partial charge in [0.1, 0.15) is 11.6 Å². The molecule has 0 bridgehead atoms. The number of para-hydroxylation sites is 1. The van der Waals surface area contributed by atoms with Crippen LogP contribution in [0.1, 0.15) is 31.2 Å². The lowest BCUT2D eigenvalue weighted by atomic mass is 9.91. The zero-order valence-corrected chi connectivity index (χ0v) is 12.7. The first-order valence-electron chi connectivity index (χ1n) is 7.78. The van der Waals surface area contributed by atoms with E-state index >= 15 is 0 Å². The van der Waals surface area contributed by atoms with Crippen LogP contribution in [0, 0.1) is 0 Å². The maximum Gasteiger partial charge on any atom is 0.122 e. The summed E-state index contributed by atoms with van der Waals surface area (Å²) >= 11 is 0. The van der Waals surface area contributed by atoms with E-state index in [0.717, 1.165) is 37.7 Å². The van der Waals surface area contributed by atoms with E-state index in [9.17, 15) is 0 Å². The van der Waals surface area contributed by atoms with Crippen molar-refractivity contribution in [3.05, 3.63) is 48.0 Å². The third-order valence-electron chi connectivity index (χ3n) is 4.23. The number of nitrogens with zero attached hydrogens (tertiary/aromatic N) is 2. The lowest BCUT2D eigenvalue weighted by Crippen LogP contribution is -2.38. The molecule has 1 aliphatic heterocycles. The maximum atomic E-state index is 5.85. The van der Waals surface area contributed by atoms with Crippen LogP contribution in [0.5, 0.6) is 5.75 Å². The number of rotatable bonds is 6. The highest BCUT2D eigenvalue weighted by Crippen LogP contribution is 2.36. The van der Waals surface area contributed by atoms with Crippen molar-refractivity contribution in [3.8, 4) is 5.75 Å². The van der Waals surface area contributed by atoms with Crippen LogP contribution in [0.3, 0.4) is 0 Å². The summed E-state index contributed by atoms with van der Waals surface area (Å²) in [5.41, 5.74) is 1.32. The van der Waals surface area contributed by atoms with Gasteiger partial charge in [-0.15, -0.1) is 0 Å². The Morgan fingerprint density at radius 3 is 3.05 bits per heavy atom. The smallest absolute Gasteiger partial charge is 0.122 e. The van der Waals surface area contributed by atoms with E-state index in [1.807, 2.05) is 12.3 Å². The number of hydrogen-bond donors (Lipinski definition) is 1. The van der Waals surface area contributed by atoms with Gasteiger partial charge in [0.05, 0.1) is 6.61 Å². The largest absolute Gasteiger partial charge is 0.493 e. The monoisotopic (exact) mass is 285 g/mol. The van der Waals surface area contributed by atoms with Gasteiger partial charge in [-0.05, 0) is 19.5 Å². The van der Waals surface area contributed by atoms with Crippen LogP contribution in [-0.4, -0.2) is 28.7 Å². The van der Waals surface area contributed by atoms with E-state index in [4.69, 9.17) is 4.74 Å². The van der Waals surface area contributed by atoms with Crippen LogP contribution in [0.4, 0.5) is 0 Å². The first-order chi connectivity index (χ1) is 10.3. The zero-order chi connectivity index (χ0) is 14.7. The average molecular weight is 285 g/mol. The minimum Gasteiger partial charge on any atom is -0.493 e. The second-order valence-corrected chi connectivity index (χ2v) is 5.45. The van der Waals surface area contributed by atoms with Gasteiger partial charge in [-0.2, -0.15) is 0 Å². The summed E-state index contributed by atoms with van der Waals surface area (Å²) in [6, 6.07) is 8.73. The summed E-state index contributed by atoms with van der Waals surface area (Å²) < 4.78 is 8.06. The Labute approximate surface area is 126 Å². The zero-order valence-electron chi connectivity index (χ0n) is 12.7. The molecule has 21 heavy (non-hydrogen) atoms. The fraction of sp³-hybridized carbons (Fsp3) is 0.471. The molecule has 0 saturated heterocycles. The molecule has 1 aromatic carbocycles. The molecule has 1 aliphatic rings. The average Bonchev–Trinajstić information content (AvgIpc) is 3.12. The van der Waals surface area contributed by atoms with Gasteiger partial charge in [-0.3, -0.25) is 0 Å². The number of benzene rings is 1. The Morgan fingerprint density at radius 2 is 2.24 bits per heavy atom. The normalized spacial score (nSPS) is 18.3. The molecule has 112 valence electrons. The van der Waals surface area contributed by atoms with Crippen molar-refractivity contribution >= 4 is 0 Å². The molecule has 0 saturated carbocycles. The topological polar surface area (TPSA) is 39.1 Å². The number of aryl methyl sites for hydroxylation is 1. The predicted octanol–water partition coefficient (Wildman–Crippen LogP) is 2.60. The summed E-state index contributed by atoms with van der Waals surface area (Å²) in [4.78, 5) is 4.52. The Hall–Kier alpha value is -1.81. The molecule has 0 radical (unpaired) electrons. The number of fused-ring (bicyclic) bond motifs is 1. The highest BCUT2D eigenvalue weighted by Gasteiger charge is 2.31. The van der Waals surface area contributed by atoms with Crippen molar-refractivity contribution in [3.63, 3.8) is 0 Å². The first-order valence-corrected chi connectivity index (χ1v) is 7.78. The van der Waals surface area contributed by atoms with Gasteiger partial charge in [-0.25, -0.2) is 4.98 Å². The van der Waals surface area contributed by atoms with Gasteiger partial charge in [0.25, 0.3) is 0 Å². The third kappa shape index (κ3) is 2.81. The van der Waals surface area contributed by atoms with E-state index in [1.165, 1.54) is 5.56 Å². The molecule has 2 heterocycles. The second-order valence-electron chi connectivity index (χ2n) is 5.45. The van der Waals surface area contributed by atoms with Crippen molar-refractivity contribution in [1.82, 2.24) is 14.9 Å². The van der Waals surface area contributed by atoms with Gasteiger partial charge in [0.15, 0.2) is 0 Å². The number of hydrogen-bond acceptors (Lipinski definition) is 3. The van der Waals surface area contributed by atoms with Crippen molar-refractivity contribution < 1.29 is 4.74 Å². The summed E-state index contributed by atoms with van der Waals surface area (Å²) in [5.74, 6) is 2.57. The molecule has 2 atom stereocenters. The molecule has 0 fully saturated rings. The molecule has 0 spiro atoms. The van der Waals surface area contributed by atoms with E-state index in [0.29, 0.717) is 12.0 Å². The molecule has 2 aromatic rings. The second kappa shape index (κ2) is 6.31. The summed E-state index contributed by atoms with van der Waals surface area (Å²) in [6.45, 7) is 6.98. The van der Waals surface area contributed by atoms with Gasteiger partial charge in [-0.1, -0.05) is 25.1 Å². The van der Waals surface area contributed by atoms with E-state index in [1.54, 1.807) is 0 Å². The minimum absolute atomic E-state index is 0.353. The first kappa shape index (κ1) is 14.1. The van der Waals surface area contributed by atoms with E-state index in [-0.39, 0.29) is 0 Å². The standard InChI is InChI=1S/C17H23N3O/c1-3-18-15(11-17-19-9-10-20(17)4-2)14-12-21-16-8-6-5-7-13(14)16/h5-10,14-15,18H,3-4,11-12H2,1-2H3. The van der Waals surface area contributed by atoms with E-state index < -0.39 is 0 Å². The third-order valence-corrected chi connectivity index (χ3v) is 4.23. The van der Waals surface area contributed by atoms with Crippen molar-refractivity contribution in [2.45, 2.75) is 38.8 Å². The summed E-state index contributed by atoms with van der Waals surface area (Å²) in [5, 5.41) is 3.62. The fourth-order valence-electron chi connectivity index (χ4n) is 3.15. The number of aromatic nitrogens is 2. The molecule has 2 unspecified atom stereocenters. The van der Waals surface area contributed by atoms with Crippen LogP contribution in [0.15, 0.2) is 36.7 Å². The lowest BCUT2D eigenvalue weighted by molar-refractivity contribution is 0.296. The maximum absolute atomic E-state index is 5.85. The van der Waals surface area contributed by atoms with Crippen LogP contribution >= 0.6 is 0 Å². The fourth-order valence-corrected chi connectivity index (χ4v) is 3.15. The van der Waals surface area contributed by atoms with Crippen LogP contribution in [0.25, 0.3) is 0 Å². The number of ether oxygens (including phenoxy) is 1. The number of likely N-dealkylation sites (N-methyl/N-ethyl adjacent to an activating group) is 1. The molecule has 4 heteroatoms. The molecular weight excluding hydrogens is 262 g/mol. The van der Waals surface area contributed by atoms with Crippen molar-refractivity contribution in [2.75, 3.05) is 13.2 Å². The minimum atomic E-state index is 0.353. The Kier molecular flexibility index (Phi) is 4.25. The predicted molar refractivity (Wildman–Crippen MR) is 83.7 cm³/mol. The van der Waals surface area contributed by atoms with Gasteiger partial charge < -0.3 is 14.6 Å². The van der Waals surface area contributed by atoms with Crippen LogP contribution < -0.4 is 10.1 Å². The molecule has 4 nitrogen and oxygen atoms in total.